The first-order valence-electron chi connectivity index (χ1n) is 6.17. The van der Waals surface area contributed by atoms with Gasteiger partial charge in [0.2, 0.25) is 5.88 Å². The minimum Gasteiger partial charge on any atom is -0.481 e. The first kappa shape index (κ1) is 13.9. The molecule has 0 fully saturated rings. The van der Waals surface area contributed by atoms with Crippen LogP contribution < -0.4 is 10.1 Å². The molecule has 2 aromatic heterocycles. The van der Waals surface area contributed by atoms with Gasteiger partial charge in [0.05, 0.1) is 7.11 Å². The number of aryl methyl sites for hydroxylation is 1. The second-order valence-electron chi connectivity index (χ2n) is 4.29. The number of carbonyl (C=O) groups excluding carboxylic acids is 1. The standard InChI is InChI=1S/C14H16N4O2/c1-9-10(2)17-8-18-12(9)13(19)16-7-11-5-4-6-15-14(11)20-3/h4-6,8H,7H2,1-3H3,(H,16,19). The van der Waals surface area contributed by atoms with Crippen molar-refractivity contribution in [2.45, 2.75) is 20.4 Å². The van der Waals surface area contributed by atoms with E-state index in [4.69, 9.17) is 4.74 Å². The van der Waals surface area contributed by atoms with Crippen LogP contribution in [0.4, 0.5) is 0 Å². The maximum absolute atomic E-state index is 12.1. The van der Waals surface area contributed by atoms with Crippen LogP contribution >= 0.6 is 0 Å². The molecule has 0 aliphatic heterocycles. The number of amides is 1. The van der Waals surface area contributed by atoms with Gasteiger partial charge in [-0.25, -0.2) is 15.0 Å². The largest absolute Gasteiger partial charge is 0.481 e. The quantitative estimate of drug-likeness (QED) is 0.911. The van der Waals surface area contributed by atoms with Gasteiger partial charge in [-0.15, -0.1) is 0 Å². The van der Waals surface area contributed by atoms with E-state index in [1.54, 1.807) is 19.4 Å². The molecule has 0 atom stereocenters. The van der Waals surface area contributed by atoms with E-state index < -0.39 is 0 Å². The Morgan fingerprint density at radius 3 is 2.85 bits per heavy atom. The molecule has 0 aliphatic carbocycles. The number of hydrogen-bond donors (Lipinski definition) is 1. The van der Waals surface area contributed by atoms with Gasteiger partial charge in [0.1, 0.15) is 12.0 Å². The fraction of sp³-hybridized carbons (Fsp3) is 0.286. The van der Waals surface area contributed by atoms with E-state index >= 15 is 0 Å². The lowest BCUT2D eigenvalue weighted by Crippen LogP contribution is -2.25. The van der Waals surface area contributed by atoms with Gasteiger partial charge in [-0.05, 0) is 19.9 Å². The predicted molar refractivity (Wildman–Crippen MR) is 73.5 cm³/mol. The summed E-state index contributed by atoms with van der Waals surface area (Å²) in [6.07, 6.45) is 3.03. The Hall–Kier alpha value is -2.50. The Morgan fingerprint density at radius 1 is 1.30 bits per heavy atom. The lowest BCUT2D eigenvalue weighted by atomic mass is 10.2. The smallest absolute Gasteiger partial charge is 0.270 e. The molecule has 0 radical (unpaired) electrons. The van der Waals surface area contributed by atoms with E-state index in [9.17, 15) is 4.79 Å². The highest BCUT2D eigenvalue weighted by Crippen LogP contribution is 2.13. The number of hydrogen-bond acceptors (Lipinski definition) is 5. The van der Waals surface area contributed by atoms with E-state index in [2.05, 4.69) is 20.3 Å². The molecular formula is C14H16N4O2. The summed E-state index contributed by atoms with van der Waals surface area (Å²) >= 11 is 0. The topological polar surface area (TPSA) is 77.0 Å². The number of rotatable bonds is 4. The zero-order valence-corrected chi connectivity index (χ0v) is 11.7. The van der Waals surface area contributed by atoms with Crippen molar-refractivity contribution in [1.82, 2.24) is 20.3 Å². The third-order valence-corrected chi connectivity index (χ3v) is 3.03. The van der Waals surface area contributed by atoms with E-state index in [0.29, 0.717) is 18.1 Å². The maximum Gasteiger partial charge on any atom is 0.270 e. The average molecular weight is 272 g/mol. The number of aromatic nitrogens is 3. The van der Waals surface area contributed by atoms with Gasteiger partial charge >= 0.3 is 0 Å². The van der Waals surface area contributed by atoms with Crippen LogP contribution in [0.1, 0.15) is 27.3 Å². The molecule has 2 rings (SSSR count). The number of ether oxygens (including phenoxy) is 1. The van der Waals surface area contributed by atoms with E-state index in [1.165, 1.54) is 6.33 Å². The number of carbonyl (C=O) groups is 1. The lowest BCUT2D eigenvalue weighted by molar-refractivity contribution is 0.0944. The summed E-state index contributed by atoms with van der Waals surface area (Å²) in [5.74, 6) is 0.266. The van der Waals surface area contributed by atoms with Gasteiger partial charge in [0.25, 0.3) is 5.91 Å². The number of nitrogens with zero attached hydrogens (tertiary/aromatic N) is 3. The number of pyridine rings is 1. The summed E-state index contributed by atoms with van der Waals surface area (Å²) < 4.78 is 5.14. The molecule has 2 heterocycles. The van der Waals surface area contributed by atoms with Gasteiger partial charge in [-0.3, -0.25) is 4.79 Å². The normalized spacial score (nSPS) is 10.2. The fourth-order valence-corrected chi connectivity index (χ4v) is 1.77. The molecule has 1 N–H and O–H groups in total. The van der Waals surface area contributed by atoms with Gasteiger partial charge < -0.3 is 10.1 Å². The molecule has 20 heavy (non-hydrogen) atoms. The Kier molecular flexibility index (Phi) is 4.24. The first-order valence-corrected chi connectivity index (χ1v) is 6.17. The molecule has 0 aromatic carbocycles. The monoisotopic (exact) mass is 272 g/mol. The highest BCUT2D eigenvalue weighted by atomic mass is 16.5. The minimum atomic E-state index is -0.237. The summed E-state index contributed by atoms with van der Waals surface area (Å²) in [5.41, 5.74) is 2.78. The summed E-state index contributed by atoms with van der Waals surface area (Å²) in [5, 5.41) is 2.81. The predicted octanol–water partition coefficient (Wildman–Crippen LogP) is 1.43. The van der Waals surface area contributed by atoms with Crippen molar-refractivity contribution in [2.24, 2.45) is 0 Å². The molecule has 0 aliphatic rings. The van der Waals surface area contributed by atoms with Crippen LogP contribution in [0.5, 0.6) is 5.88 Å². The second kappa shape index (κ2) is 6.10. The molecular weight excluding hydrogens is 256 g/mol. The summed E-state index contributed by atoms with van der Waals surface area (Å²) in [6.45, 7) is 4.01. The van der Waals surface area contributed by atoms with E-state index in [-0.39, 0.29) is 5.91 Å². The van der Waals surface area contributed by atoms with Crippen LogP contribution in [0, 0.1) is 13.8 Å². The molecule has 2 aromatic rings. The van der Waals surface area contributed by atoms with Gasteiger partial charge in [-0.2, -0.15) is 0 Å². The van der Waals surface area contributed by atoms with Crippen LogP contribution in [-0.2, 0) is 6.54 Å². The molecule has 0 saturated heterocycles. The highest BCUT2D eigenvalue weighted by Gasteiger charge is 2.13. The fourth-order valence-electron chi connectivity index (χ4n) is 1.77. The number of methoxy groups -OCH3 is 1. The van der Waals surface area contributed by atoms with Crippen LogP contribution in [0.25, 0.3) is 0 Å². The third-order valence-electron chi connectivity index (χ3n) is 3.03. The Labute approximate surface area is 117 Å². The second-order valence-corrected chi connectivity index (χ2v) is 4.29. The Bertz CT molecular complexity index is 628. The average Bonchev–Trinajstić information content (AvgIpc) is 2.48. The zero-order valence-electron chi connectivity index (χ0n) is 11.7. The molecule has 104 valence electrons. The van der Waals surface area contributed by atoms with Crippen molar-refractivity contribution in [1.29, 1.82) is 0 Å². The molecule has 0 unspecified atom stereocenters. The SMILES string of the molecule is COc1ncccc1CNC(=O)c1ncnc(C)c1C. The molecule has 0 spiro atoms. The Balaban J connectivity index is 2.11. The van der Waals surface area contributed by atoms with Crippen LogP contribution in [-0.4, -0.2) is 28.0 Å². The van der Waals surface area contributed by atoms with Crippen molar-refractivity contribution >= 4 is 5.91 Å². The van der Waals surface area contributed by atoms with Crippen LogP contribution in [0.2, 0.25) is 0 Å². The molecule has 6 heteroatoms. The van der Waals surface area contributed by atoms with Gasteiger partial charge in [0, 0.05) is 29.6 Å². The number of nitrogens with one attached hydrogen (secondary N) is 1. The van der Waals surface area contributed by atoms with Crippen molar-refractivity contribution in [2.75, 3.05) is 7.11 Å². The molecule has 0 saturated carbocycles. The minimum absolute atomic E-state index is 0.237. The first-order chi connectivity index (χ1) is 9.63. The third kappa shape index (κ3) is 2.90. The van der Waals surface area contributed by atoms with Crippen LogP contribution in [0.3, 0.4) is 0 Å². The van der Waals surface area contributed by atoms with Crippen molar-refractivity contribution in [3.63, 3.8) is 0 Å². The van der Waals surface area contributed by atoms with E-state index in [0.717, 1.165) is 16.8 Å². The van der Waals surface area contributed by atoms with Crippen LogP contribution in [0.15, 0.2) is 24.7 Å². The summed E-state index contributed by atoms with van der Waals surface area (Å²) in [4.78, 5) is 24.3. The molecule has 0 bridgehead atoms. The lowest BCUT2D eigenvalue weighted by Gasteiger charge is -2.09. The van der Waals surface area contributed by atoms with E-state index in [1.807, 2.05) is 19.9 Å². The van der Waals surface area contributed by atoms with Crippen molar-refractivity contribution in [3.05, 3.63) is 47.2 Å². The van der Waals surface area contributed by atoms with Gasteiger partial charge in [0.15, 0.2) is 0 Å². The summed E-state index contributed by atoms with van der Waals surface area (Å²) in [6, 6.07) is 3.65. The Morgan fingerprint density at radius 2 is 2.10 bits per heavy atom. The van der Waals surface area contributed by atoms with Crippen molar-refractivity contribution < 1.29 is 9.53 Å². The highest BCUT2D eigenvalue weighted by molar-refractivity contribution is 5.93. The zero-order chi connectivity index (χ0) is 14.5. The van der Waals surface area contributed by atoms with Crippen molar-refractivity contribution in [3.8, 4) is 5.88 Å². The maximum atomic E-state index is 12.1. The summed E-state index contributed by atoms with van der Waals surface area (Å²) in [7, 11) is 1.55. The molecule has 6 nitrogen and oxygen atoms in total. The van der Waals surface area contributed by atoms with Gasteiger partial charge in [-0.1, -0.05) is 6.07 Å². The molecule has 1 amide bonds.